The van der Waals surface area contributed by atoms with Crippen molar-refractivity contribution in [1.82, 2.24) is 15.2 Å². The number of benzene rings is 1. The third kappa shape index (κ3) is 3.19. The van der Waals surface area contributed by atoms with Crippen LogP contribution in [0.3, 0.4) is 0 Å². The number of aryl methyl sites for hydroxylation is 1. The molecule has 0 saturated carbocycles. The van der Waals surface area contributed by atoms with E-state index in [1.54, 1.807) is 0 Å². The predicted octanol–water partition coefficient (Wildman–Crippen LogP) is 1.92. The van der Waals surface area contributed by atoms with Gasteiger partial charge in [-0.25, -0.2) is 4.79 Å². The van der Waals surface area contributed by atoms with Gasteiger partial charge in [-0.05, 0) is 50.0 Å². The third-order valence-electron chi connectivity index (χ3n) is 2.95. The van der Waals surface area contributed by atoms with Crippen molar-refractivity contribution in [3.8, 4) is 0 Å². The number of carbonyl (C=O) groups excluding carboxylic acids is 1. The van der Waals surface area contributed by atoms with Crippen LogP contribution in [0, 0.1) is 0 Å². The molecule has 0 bridgehead atoms. The number of hydrogen-bond donors (Lipinski definition) is 2. The van der Waals surface area contributed by atoms with Gasteiger partial charge in [-0.15, -0.1) is 0 Å². The minimum absolute atomic E-state index is 0.106. The van der Waals surface area contributed by atoms with Gasteiger partial charge in [0.25, 0.3) is 0 Å². The number of H-pyrrole nitrogens is 1. The van der Waals surface area contributed by atoms with E-state index in [4.69, 9.17) is 17.8 Å². The van der Waals surface area contributed by atoms with Crippen molar-refractivity contribution >= 4 is 17.0 Å². The lowest BCUT2D eigenvalue weighted by Crippen LogP contribution is -2.28. The maximum Gasteiger partial charge on any atom is 0.407 e. The molecule has 21 heavy (non-hydrogen) atoms. The Bertz CT molecular complexity index is 1090. The molecule has 0 spiro atoms. The van der Waals surface area contributed by atoms with Gasteiger partial charge in [-0.1, -0.05) is 6.07 Å². The Kier molecular flexibility index (Phi) is 1.46. The molecule has 2 heterocycles. The second-order valence-corrected chi connectivity index (χ2v) is 4.39. The number of hydrogen-bond acceptors (Lipinski definition) is 3. The zero-order valence-electron chi connectivity index (χ0n) is 23.8. The van der Waals surface area contributed by atoms with Crippen molar-refractivity contribution in [2.24, 2.45) is 0 Å². The lowest BCUT2D eigenvalue weighted by Gasteiger charge is -2.09. The highest BCUT2D eigenvalue weighted by Gasteiger charge is 2.22. The van der Waals surface area contributed by atoms with Crippen molar-refractivity contribution in [3.63, 3.8) is 0 Å². The minimum atomic E-state index is -3.32. The number of amides is 1. The van der Waals surface area contributed by atoms with Crippen LogP contribution in [0.2, 0.25) is 0 Å². The number of aromatic nitrogens is 1. The molecule has 1 fully saturated rings. The Morgan fingerprint density at radius 3 is 3.29 bits per heavy atom. The van der Waals surface area contributed by atoms with Crippen LogP contribution < -0.4 is 5.32 Å². The van der Waals surface area contributed by atoms with Gasteiger partial charge in [0.15, 0.2) is 0 Å². The predicted molar refractivity (Wildman–Crippen MR) is 82.5 cm³/mol. The molecule has 1 aliphatic rings. The highest BCUT2D eigenvalue weighted by Crippen LogP contribution is 2.21. The summed E-state index contributed by atoms with van der Waals surface area (Å²) in [5, 5.41) is 2.20. The van der Waals surface area contributed by atoms with Crippen molar-refractivity contribution in [3.05, 3.63) is 35.5 Å². The molecular weight excluding hydrogens is 266 g/mol. The van der Waals surface area contributed by atoms with Crippen molar-refractivity contribution in [2.75, 3.05) is 27.0 Å². The van der Waals surface area contributed by atoms with E-state index in [0.29, 0.717) is 0 Å². The summed E-state index contributed by atoms with van der Waals surface area (Å²) in [5.41, 5.74) is 0.0224. The second kappa shape index (κ2) is 5.77. The van der Waals surface area contributed by atoms with E-state index in [-0.39, 0.29) is 33.1 Å². The fourth-order valence-electron chi connectivity index (χ4n) is 2.02. The SMILES string of the molecule is [2H]c1[nH]c2ccc(C([2H])([2H])[C@@H]3NC(=O)OC3([2H])[2H])cc2c1CC([2H])([2H])N(C([2H])([2H])[2H])C([2H])([2H])[2H]. The number of cyclic esters (lactones) is 1. The smallest absolute Gasteiger partial charge is 0.407 e. The first kappa shape index (κ1) is 5.32. The van der Waals surface area contributed by atoms with E-state index >= 15 is 0 Å². The van der Waals surface area contributed by atoms with Crippen LogP contribution in [0.1, 0.15) is 28.9 Å². The normalized spacial score (nSPS) is 32.3. The number of alkyl carbamates (subject to hydrolysis) is 1. The number of fused-ring (bicyclic) bond motifs is 1. The number of nitrogens with zero attached hydrogens (tertiary/aromatic N) is 1. The first-order chi connectivity index (χ1) is 15.2. The highest BCUT2D eigenvalue weighted by molar-refractivity contribution is 5.84. The average molecular weight is 300 g/mol. The summed E-state index contributed by atoms with van der Waals surface area (Å²) in [6.07, 6.45) is -4.82. The summed E-state index contributed by atoms with van der Waals surface area (Å²) in [7, 11) is 0. The van der Waals surface area contributed by atoms with Crippen LogP contribution in [0.25, 0.3) is 10.9 Å². The zero-order valence-corrected chi connectivity index (χ0v) is 10.8. The fraction of sp³-hybridized carbons (Fsp3) is 0.438. The number of nitrogens with one attached hydrogen (secondary N) is 2. The maximum atomic E-state index is 11.5. The lowest BCUT2D eigenvalue weighted by atomic mass is 10.0. The van der Waals surface area contributed by atoms with Gasteiger partial charge in [-0.3, -0.25) is 0 Å². The van der Waals surface area contributed by atoms with Crippen molar-refractivity contribution < 1.29 is 27.4 Å². The molecular formula is C16H21N3O2. The molecule has 1 amide bonds. The van der Waals surface area contributed by atoms with Crippen molar-refractivity contribution in [2.45, 2.75) is 18.8 Å². The third-order valence-corrected chi connectivity index (χ3v) is 2.95. The summed E-state index contributed by atoms with van der Waals surface area (Å²) < 4.78 is 106. The monoisotopic (exact) mass is 300 g/mol. The molecule has 1 aromatic carbocycles. The molecule has 3 rings (SSSR count). The average Bonchev–Trinajstić information content (AvgIpc) is 3.06. The van der Waals surface area contributed by atoms with E-state index in [2.05, 4.69) is 15.0 Å². The van der Waals surface area contributed by atoms with Gasteiger partial charge in [0.1, 0.15) is 6.56 Å². The molecule has 1 atom stereocenters. The first-order valence-corrected chi connectivity index (χ1v) is 6.09. The fourth-order valence-corrected chi connectivity index (χ4v) is 2.02. The zero-order chi connectivity index (χ0) is 26.1. The van der Waals surface area contributed by atoms with Crippen LogP contribution in [-0.2, 0) is 17.5 Å². The number of rotatable bonds is 5. The van der Waals surface area contributed by atoms with Crippen molar-refractivity contribution in [1.29, 1.82) is 0 Å². The topological polar surface area (TPSA) is 57.4 Å². The van der Waals surface area contributed by atoms with E-state index in [1.165, 1.54) is 18.2 Å². The molecule has 5 nitrogen and oxygen atoms in total. The first-order valence-electron chi connectivity index (χ1n) is 12.6. The van der Waals surface area contributed by atoms with E-state index in [0.717, 1.165) is 0 Å². The molecule has 112 valence electrons. The Hall–Kier alpha value is -2.01. The van der Waals surface area contributed by atoms with Crippen LogP contribution in [-0.4, -0.2) is 49.0 Å². The Morgan fingerprint density at radius 2 is 2.52 bits per heavy atom. The van der Waals surface area contributed by atoms with Gasteiger partial charge < -0.3 is 19.9 Å². The van der Waals surface area contributed by atoms with E-state index in [1.807, 2.05) is 0 Å². The molecule has 1 saturated heterocycles. The molecule has 0 aliphatic carbocycles. The summed E-state index contributed by atoms with van der Waals surface area (Å²) in [4.78, 5) is 13.9. The van der Waals surface area contributed by atoms with Crippen LogP contribution in [0.4, 0.5) is 4.79 Å². The summed E-state index contributed by atoms with van der Waals surface area (Å²) in [5.74, 6) is 0. The largest absolute Gasteiger partial charge is 0.447 e. The van der Waals surface area contributed by atoms with Gasteiger partial charge in [0.2, 0.25) is 0 Å². The molecule has 2 N–H and O–H groups in total. The summed E-state index contributed by atoms with van der Waals surface area (Å²) >= 11 is 0. The highest BCUT2D eigenvalue weighted by atomic mass is 16.6. The molecule has 0 radical (unpaired) electrons. The van der Waals surface area contributed by atoms with Gasteiger partial charge in [0.05, 0.1) is 10.2 Å². The van der Waals surface area contributed by atoms with Gasteiger partial charge in [-0.2, -0.15) is 0 Å². The molecule has 1 aliphatic heterocycles. The molecule has 1 aromatic heterocycles. The second-order valence-electron chi connectivity index (χ2n) is 4.39. The Morgan fingerprint density at radius 1 is 1.62 bits per heavy atom. The Labute approximate surface area is 142 Å². The van der Waals surface area contributed by atoms with E-state index in [9.17, 15) is 4.79 Å². The number of likely N-dealkylation sites (N-methyl/N-ethyl adjacent to an activating group) is 1. The van der Waals surface area contributed by atoms with Gasteiger partial charge in [0, 0.05) is 37.3 Å². The van der Waals surface area contributed by atoms with E-state index < -0.39 is 51.9 Å². The number of ether oxygens (including phenoxy) is 1. The standard InChI is InChI=1S/C16H21N3O2/c1-19(2)6-5-12-9-17-15-4-3-11(8-14(12)15)7-13-10-21-16(20)18-13/h3-4,8-9,13,17H,5-7,10H2,1-2H3,(H,18,20)/t13-/m0/s1/i1D3,2D3,6D2,7D2,9D,10D2. The van der Waals surface area contributed by atoms with Gasteiger partial charge >= 0.3 is 6.09 Å². The van der Waals surface area contributed by atoms with Crippen LogP contribution >= 0.6 is 0 Å². The molecule has 0 unspecified atom stereocenters. The van der Waals surface area contributed by atoms with Crippen LogP contribution in [0.15, 0.2) is 24.4 Å². The molecule has 2 aromatic rings. The molecule has 5 heteroatoms. The number of aromatic amines is 1. The number of carbonyl (C=O) groups is 1. The maximum absolute atomic E-state index is 11.5. The lowest BCUT2D eigenvalue weighted by molar-refractivity contribution is 0.177. The summed E-state index contributed by atoms with van der Waals surface area (Å²) in [6.45, 7) is -12.3. The minimum Gasteiger partial charge on any atom is -0.447 e. The quantitative estimate of drug-likeness (QED) is 0.887. The summed E-state index contributed by atoms with van der Waals surface area (Å²) in [6, 6.07) is 2.13. The Balaban J connectivity index is 2.08. The van der Waals surface area contributed by atoms with Crippen LogP contribution in [0.5, 0.6) is 0 Å².